The van der Waals surface area contributed by atoms with Crippen molar-refractivity contribution in [2.45, 2.75) is 60.8 Å². The van der Waals surface area contributed by atoms with Crippen LogP contribution in [0.25, 0.3) is 22.3 Å². The SMILES string of the molecule is CCOc1ccc(N(c2ccc(OCC)cc2)c2ccc3c(c2)C2(c4cc(N(c5ccc(C)cc5)c5ccc(C)cc5)ccc4-3)c3cc(N(c4ccc(C)cc4)c4ccc(C)cc4)ccc3-c3ccc(N(c4ccc(OCC)cc4)c4ccc(OCC)cc4)cc32)cc1. The van der Waals surface area contributed by atoms with Crippen LogP contribution in [0.1, 0.15) is 72.2 Å². The third-order valence-electron chi connectivity index (χ3n) is 18.0. The van der Waals surface area contributed by atoms with Gasteiger partial charge in [-0.1, -0.05) is 95.1 Å². The molecule has 12 aromatic carbocycles. The molecule has 0 aliphatic heterocycles. The van der Waals surface area contributed by atoms with Crippen LogP contribution in [0, 0.1) is 27.7 Å². The molecule has 0 heterocycles. The van der Waals surface area contributed by atoms with Gasteiger partial charge < -0.3 is 38.5 Å². The Morgan fingerprint density at radius 1 is 0.215 bits per heavy atom. The molecule has 0 atom stereocenters. The van der Waals surface area contributed by atoms with Crippen molar-refractivity contribution >= 4 is 68.2 Å². The Morgan fingerprint density at radius 3 is 0.548 bits per heavy atom. The number of fused-ring (bicyclic) bond motifs is 10. The van der Waals surface area contributed by atoms with Crippen molar-refractivity contribution in [3.63, 3.8) is 0 Å². The number of benzene rings is 12. The van der Waals surface area contributed by atoms with Crippen LogP contribution in [0.15, 0.2) is 267 Å². The molecule has 0 N–H and O–H groups in total. The molecule has 12 aromatic rings. The Kier molecular flexibility index (Phi) is 16.3. The van der Waals surface area contributed by atoms with E-state index in [1.807, 2.05) is 27.7 Å². The lowest BCUT2D eigenvalue weighted by Crippen LogP contribution is -2.27. The summed E-state index contributed by atoms with van der Waals surface area (Å²) in [4.78, 5) is 9.56. The van der Waals surface area contributed by atoms with E-state index in [9.17, 15) is 0 Å². The van der Waals surface area contributed by atoms with Gasteiger partial charge >= 0.3 is 0 Å². The monoisotopic (exact) mass is 1220 g/mol. The Balaban J connectivity index is 1.09. The van der Waals surface area contributed by atoms with Gasteiger partial charge in [-0.15, -0.1) is 0 Å². The van der Waals surface area contributed by atoms with Gasteiger partial charge in [0, 0.05) is 68.2 Å². The second kappa shape index (κ2) is 25.4. The third kappa shape index (κ3) is 11.2. The predicted molar refractivity (Wildman–Crippen MR) is 385 cm³/mol. The standard InChI is InChI=1S/C85H76N4O4/c1-9-90-73-41-29-65(30-42-73)88(66-31-43-74(44-32-66)91-10-2)71-39-51-79-77-49-37-69(86(61-21-13-57(5)14-22-61)62-23-15-58(6)16-24-62)53-81(77)85(83(79)55-71)82-54-70(87(63-25-17-59(7)18-26-63)64-27-19-60(8)20-28-64)38-50-78(82)80-52-40-72(56-84(80)85)89(67-33-45-75(46-34-67)92-11-3)68-35-47-76(48-36-68)93-12-4/h13-56H,9-12H2,1-8H3. The van der Waals surface area contributed by atoms with Crippen molar-refractivity contribution in [3.8, 4) is 45.3 Å². The maximum absolute atomic E-state index is 6.06. The highest BCUT2D eigenvalue weighted by molar-refractivity contribution is 6.00. The molecule has 0 saturated carbocycles. The first-order valence-corrected chi connectivity index (χ1v) is 32.5. The molecule has 0 aromatic heterocycles. The molecule has 0 fully saturated rings. The zero-order valence-corrected chi connectivity index (χ0v) is 54.2. The van der Waals surface area contributed by atoms with Crippen LogP contribution in [0.4, 0.5) is 68.2 Å². The molecular weight excluding hydrogens is 1140 g/mol. The predicted octanol–water partition coefficient (Wildman–Crippen LogP) is 22.7. The van der Waals surface area contributed by atoms with E-state index < -0.39 is 5.41 Å². The van der Waals surface area contributed by atoms with Crippen molar-refractivity contribution in [2.24, 2.45) is 0 Å². The van der Waals surface area contributed by atoms with Gasteiger partial charge in [0.2, 0.25) is 0 Å². The minimum absolute atomic E-state index is 0.573. The average molecular weight is 1220 g/mol. The van der Waals surface area contributed by atoms with E-state index in [-0.39, 0.29) is 0 Å². The summed E-state index contributed by atoms with van der Waals surface area (Å²) in [5.41, 5.74) is 25.6. The Hall–Kier alpha value is -11.0. The quantitative estimate of drug-likeness (QED) is 0.0748. The number of nitrogens with zero attached hydrogens (tertiary/aromatic N) is 4. The highest BCUT2D eigenvalue weighted by Crippen LogP contribution is 2.65. The van der Waals surface area contributed by atoms with Gasteiger partial charge in [0.25, 0.3) is 0 Å². The summed E-state index contributed by atoms with van der Waals surface area (Å²) in [5, 5.41) is 0. The van der Waals surface area contributed by atoms with E-state index in [4.69, 9.17) is 18.9 Å². The lowest BCUT2D eigenvalue weighted by atomic mass is 9.70. The highest BCUT2D eigenvalue weighted by atomic mass is 16.5. The largest absolute Gasteiger partial charge is 0.494 e. The normalized spacial score (nSPS) is 12.1. The molecule has 0 radical (unpaired) electrons. The number of hydrogen-bond donors (Lipinski definition) is 0. The molecule has 2 aliphatic carbocycles. The van der Waals surface area contributed by atoms with Crippen LogP contribution in [0.2, 0.25) is 0 Å². The maximum atomic E-state index is 6.06. The van der Waals surface area contributed by atoms with Crippen LogP contribution in [-0.4, -0.2) is 26.4 Å². The van der Waals surface area contributed by atoms with E-state index in [1.54, 1.807) is 0 Å². The van der Waals surface area contributed by atoms with Gasteiger partial charge in [-0.05, 0) is 294 Å². The summed E-state index contributed by atoms with van der Waals surface area (Å²) < 4.78 is 24.3. The van der Waals surface area contributed by atoms with Crippen molar-refractivity contribution < 1.29 is 18.9 Å². The molecule has 2 aliphatic rings. The minimum atomic E-state index is -0.932. The maximum Gasteiger partial charge on any atom is 0.119 e. The van der Waals surface area contributed by atoms with Crippen LogP contribution >= 0.6 is 0 Å². The number of hydrogen-bond acceptors (Lipinski definition) is 8. The topological polar surface area (TPSA) is 49.9 Å². The lowest BCUT2D eigenvalue weighted by Gasteiger charge is -2.35. The molecule has 93 heavy (non-hydrogen) atoms. The zero-order chi connectivity index (χ0) is 63.7. The van der Waals surface area contributed by atoms with E-state index in [0.717, 1.165) is 102 Å². The van der Waals surface area contributed by atoms with Gasteiger partial charge in [0.15, 0.2) is 0 Å². The first-order chi connectivity index (χ1) is 45.5. The number of ether oxygens (including phenoxy) is 4. The minimum Gasteiger partial charge on any atom is -0.494 e. The molecule has 0 saturated heterocycles. The summed E-state index contributed by atoms with van der Waals surface area (Å²) in [5.74, 6) is 3.27. The van der Waals surface area contributed by atoms with Crippen LogP contribution < -0.4 is 38.5 Å². The van der Waals surface area contributed by atoms with Crippen LogP contribution in [0.5, 0.6) is 23.0 Å². The fourth-order valence-corrected chi connectivity index (χ4v) is 13.7. The summed E-state index contributed by atoms with van der Waals surface area (Å²) >= 11 is 0. The number of rotatable bonds is 20. The fourth-order valence-electron chi connectivity index (χ4n) is 13.7. The molecule has 460 valence electrons. The molecule has 8 nitrogen and oxygen atoms in total. The molecular formula is C85H76N4O4. The van der Waals surface area contributed by atoms with Crippen molar-refractivity contribution in [1.29, 1.82) is 0 Å². The summed E-state index contributed by atoms with van der Waals surface area (Å²) in [6.45, 7) is 19.0. The first-order valence-electron chi connectivity index (χ1n) is 32.5. The van der Waals surface area contributed by atoms with Gasteiger partial charge in [0.1, 0.15) is 23.0 Å². The Bertz CT molecular complexity index is 4140. The van der Waals surface area contributed by atoms with Crippen LogP contribution in [0.3, 0.4) is 0 Å². The van der Waals surface area contributed by atoms with Crippen molar-refractivity contribution in [2.75, 3.05) is 46.0 Å². The molecule has 14 rings (SSSR count). The fraction of sp³-hybridized carbons (Fsp3) is 0.153. The second-order valence-electron chi connectivity index (χ2n) is 24.1. The first kappa shape index (κ1) is 59.7. The molecule has 8 heteroatoms. The van der Waals surface area contributed by atoms with Gasteiger partial charge in [-0.2, -0.15) is 0 Å². The number of aryl methyl sites for hydroxylation is 4. The Labute approximate surface area is 547 Å². The third-order valence-corrected chi connectivity index (χ3v) is 18.0. The average Bonchev–Trinajstić information content (AvgIpc) is 1.50. The van der Waals surface area contributed by atoms with Crippen molar-refractivity contribution in [1.82, 2.24) is 0 Å². The van der Waals surface area contributed by atoms with E-state index in [2.05, 4.69) is 314 Å². The van der Waals surface area contributed by atoms with Crippen molar-refractivity contribution in [3.05, 3.63) is 311 Å². The lowest BCUT2D eigenvalue weighted by molar-refractivity contribution is 0.340. The van der Waals surface area contributed by atoms with Gasteiger partial charge in [0.05, 0.1) is 31.8 Å². The Morgan fingerprint density at radius 2 is 0.376 bits per heavy atom. The summed E-state index contributed by atoms with van der Waals surface area (Å²) in [6.07, 6.45) is 0. The highest BCUT2D eigenvalue weighted by Gasteiger charge is 2.53. The number of anilines is 12. The summed E-state index contributed by atoms with van der Waals surface area (Å²) in [6, 6.07) is 98.2. The van der Waals surface area contributed by atoms with Gasteiger partial charge in [-0.25, -0.2) is 0 Å². The van der Waals surface area contributed by atoms with E-state index in [0.29, 0.717) is 26.4 Å². The smallest absolute Gasteiger partial charge is 0.119 e. The zero-order valence-electron chi connectivity index (χ0n) is 54.2. The molecule has 0 bridgehead atoms. The van der Waals surface area contributed by atoms with E-state index in [1.165, 1.54) is 55.6 Å². The van der Waals surface area contributed by atoms with Gasteiger partial charge in [-0.3, -0.25) is 0 Å². The molecule has 0 amide bonds. The second-order valence-corrected chi connectivity index (χ2v) is 24.1. The summed E-state index contributed by atoms with van der Waals surface area (Å²) in [7, 11) is 0. The molecule has 0 unspecified atom stereocenters. The molecule has 1 spiro atoms. The van der Waals surface area contributed by atoms with E-state index >= 15 is 0 Å². The van der Waals surface area contributed by atoms with Crippen LogP contribution in [-0.2, 0) is 5.41 Å².